The maximum absolute atomic E-state index is 12.7. The van der Waals surface area contributed by atoms with Gasteiger partial charge in [-0.3, -0.25) is 4.31 Å². The molecule has 1 atom stereocenters. The van der Waals surface area contributed by atoms with Gasteiger partial charge in [0.2, 0.25) is 0 Å². The van der Waals surface area contributed by atoms with Gasteiger partial charge in [0.25, 0.3) is 0 Å². The number of nitrogens with one attached hydrogen (secondary N) is 1. The van der Waals surface area contributed by atoms with Crippen LogP contribution in [0.3, 0.4) is 0 Å². The topological polar surface area (TPSA) is 86.1 Å². The zero-order valence-electron chi connectivity index (χ0n) is 12.1. The number of benzene rings is 1. The van der Waals surface area contributed by atoms with E-state index in [-0.39, 0.29) is 17.9 Å². The first-order valence-electron chi connectivity index (χ1n) is 6.86. The summed E-state index contributed by atoms with van der Waals surface area (Å²) in [5.74, 6) is 0. The third-order valence-electron chi connectivity index (χ3n) is 3.67. The highest BCUT2D eigenvalue weighted by Gasteiger charge is 2.43. The van der Waals surface area contributed by atoms with E-state index in [0.717, 1.165) is 4.31 Å². The smallest absolute Gasteiger partial charge is 0.253 e. The molecule has 0 bridgehead atoms. The molecule has 126 valence electrons. The first-order chi connectivity index (χ1) is 11.2. The van der Waals surface area contributed by atoms with Crippen molar-refractivity contribution in [1.82, 2.24) is 9.71 Å². The Morgan fingerprint density at radius 1 is 1.38 bits per heavy atom. The van der Waals surface area contributed by atoms with Crippen LogP contribution in [-0.4, -0.2) is 32.2 Å². The molecule has 10 heteroatoms. The average molecular weight is 356 g/mol. The summed E-state index contributed by atoms with van der Waals surface area (Å²) in [6.07, 6.45) is -4.36. The summed E-state index contributed by atoms with van der Waals surface area (Å²) in [7, 11) is -4.04. The fraction of sp³-hybridized carbons (Fsp3) is 0.286. The first kappa shape index (κ1) is 16.5. The van der Waals surface area contributed by atoms with Gasteiger partial charge in [0.05, 0.1) is 18.2 Å². The highest BCUT2D eigenvalue weighted by molar-refractivity contribution is 7.91. The maximum Gasteiger partial charge on any atom is 0.391 e. The molecule has 2 aromatic rings. The first-order valence-corrected chi connectivity index (χ1v) is 8.30. The number of nitriles is 1. The molecular formula is C14H11F3N4O2S. The zero-order valence-corrected chi connectivity index (χ0v) is 12.9. The van der Waals surface area contributed by atoms with Crippen LogP contribution >= 0.6 is 0 Å². The lowest BCUT2D eigenvalue weighted by atomic mass is 10.1. The second-order valence-electron chi connectivity index (χ2n) is 5.30. The van der Waals surface area contributed by atoms with Crippen molar-refractivity contribution in [1.29, 1.82) is 5.26 Å². The molecule has 6 nitrogen and oxygen atoms in total. The summed E-state index contributed by atoms with van der Waals surface area (Å²) in [5, 5.41) is 10.0. The molecule has 24 heavy (non-hydrogen) atoms. The third-order valence-corrected chi connectivity index (χ3v) is 5.23. The van der Waals surface area contributed by atoms with Crippen molar-refractivity contribution in [3.8, 4) is 6.07 Å². The van der Waals surface area contributed by atoms with Gasteiger partial charge in [-0.25, -0.2) is 4.98 Å². The van der Waals surface area contributed by atoms with Crippen LogP contribution in [0, 0.1) is 11.3 Å². The highest BCUT2D eigenvalue weighted by atomic mass is 32.2. The number of anilines is 1. The molecule has 1 aliphatic rings. The van der Waals surface area contributed by atoms with E-state index < -0.39 is 28.8 Å². The molecule has 2 heterocycles. The molecule has 0 radical (unpaired) electrons. The molecule has 0 amide bonds. The minimum absolute atomic E-state index is 0.108. The summed E-state index contributed by atoms with van der Waals surface area (Å²) in [5.41, 5.74) is 0.269. The molecule has 3 rings (SSSR count). The second kappa shape index (κ2) is 5.61. The van der Waals surface area contributed by atoms with Crippen LogP contribution in [-0.2, 0) is 10.2 Å². The lowest BCUT2D eigenvalue weighted by Crippen LogP contribution is -2.37. The van der Waals surface area contributed by atoms with Gasteiger partial charge in [0, 0.05) is 18.1 Å². The van der Waals surface area contributed by atoms with Crippen molar-refractivity contribution in [3.05, 3.63) is 36.2 Å². The molecule has 0 spiro atoms. The van der Waals surface area contributed by atoms with Gasteiger partial charge in [-0.1, -0.05) is 0 Å². The number of rotatable bonds is 2. The monoisotopic (exact) mass is 356 g/mol. The molecule has 1 aromatic carbocycles. The fourth-order valence-electron chi connectivity index (χ4n) is 2.71. The third kappa shape index (κ3) is 3.00. The Kier molecular flexibility index (Phi) is 3.85. The molecule has 1 N–H and O–H groups in total. The van der Waals surface area contributed by atoms with E-state index >= 15 is 0 Å². The van der Waals surface area contributed by atoms with Gasteiger partial charge in [0.1, 0.15) is 11.8 Å². The summed E-state index contributed by atoms with van der Waals surface area (Å²) < 4.78 is 65.2. The molecule has 0 saturated carbocycles. The number of alkyl halides is 3. The Morgan fingerprint density at radius 3 is 2.79 bits per heavy atom. The molecule has 0 unspecified atom stereocenters. The predicted octanol–water partition coefficient (Wildman–Crippen LogP) is 2.08. The Labute approximate surface area is 135 Å². The van der Waals surface area contributed by atoms with E-state index in [4.69, 9.17) is 5.26 Å². The lowest BCUT2D eigenvalue weighted by Gasteiger charge is -2.25. The summed E-state index contributed by atoms with van der Waals surface area (Å²) in [6, 6.07) is 6.51. The van der Waals surface area contributed by atoms with Gasteiger partial charge >= 0.3 is 16.4 Å². The van der Waals surface area contributed by atoms with E-state index in [1.54, 1.807) is 6.07 Å². The normalized spacial score (nSPS) is 20.2. The van der Waals surface area contributed by atoms with Gasteiger partial charge in [-0.2, -0.15) is 31.6 Å². The van der Waals surface area contributed by atoms with Gasteiger partial charge in [-0.15, -0.1) is 0 Å². The molecule has 1 saturated heterocycles. The maximum atomic E-state index is 12.7. The Balaban J connectivity index is 2.08. The number of halogens is 3. The predicted molar refractivity (Wildman–Crippen MR) is 80.3 cm³/mol. The number of nitrogens with zero attached hydrogens (tertiary/aromatic N) is 3. The van der Waals surface area contributed by atoms with Crippen LogP contribution in [0.2, 0.25) is 0 Å². The van der Waals surface area contributed by atoms with Crippen LogP contribution in [0.25, 0.3) is 10.8 Å². The molecular weight excluding hydrogens is 345 g/mol. The van der Waals surface area contributed by atoms with Crippen molar-refractivity contribution in [3.63, 3.8) is 0 Å². The van der Waals surface area contributed by atoms with E-state index in [1.165, 1.54) is 24.4 Å². The fourth-order valence-corrected chi connectivity index (χ4v) is 4.19. The number of fused-ring (bicyclic) bond motifs is 1. The lowest BCUT2D eigenvalue weighted by molar-refractivity contribution is -0.137. The van der Waals surface area contributed by atoms with Crippen LogP contribution in [0.5, 0.6) is 0 Å². The average Bonchev–Trinajstić information content (AvgIpc) is 2.78. The quantitative estimate of drug-likeness (QED) is 0.893. The van der Waals surface area contributed by atoms with Crippen molar-refractivity contribution in [2.24, 2.45) is 0 Å². The van der Waals surface area contributed by atoms with Crippen molar-refractivity contribution >= 4 is 26.7 Å². The van der Waals surface area contributed by atoms with Crippen LogP contribution in [0.15, 0.2) is 30.5 Å². The number of hydrogen-bond acceptors (Lipinski definition) is 4. The minimum Gasteiger partial charge on any atom is -0.253 e. The number of pyridine rings is 1. The zero-order chi connectivity index (χ0) is 17.5. The SMILES string of the molecule is N#Cc1nccc2cc(N3[C@H](CC(F)(F)F)CNS3(=O)=O)ccc12. The molecule has 1 fully saturated rings. The van der Waals surface area contributed by atoms with Crippen molar-refractivity contribution in [2.45, 2.75) is 18.6 Å². The van der Waals surface area contributed by atoms with Crippen molar-refractivity contribution < 1.29 is 21.6 Å². The van der Waals surface area contributed by atoms with E-state index in [9.17, 15) is 21.6 Å². The van der Waals surface area contributed by atoms with E-state index in [2.05, 4.69) is 9.71 Å². The van der Waals surface area contributed by atoms with Crippen LogP contribution in [0.4, 0.5) is 18.9 Å². The standard InChI is InChI=1S/C14H11F3N4O2S/c15-14(16,17)6-11-8-20-24(22,23)21(11)10-1-2-12-9(5-10)3-4-19-13(12)7-18/h1-5,11,20H,6,8H2/t11-/m1/s1. The number of aromatic nitrogens is 1. The summed E-state index contributed by atoms with van der Waals surface area (Å²) >= 11 is 0. The Bertz CT molecular complexity index is 937. The van der Waals surface area contributed by atoms with Crippen molar-refractivity contribution in [2.75, 3.05) is 10.8 Å². The molecule has 1 aliphatic heterocycles. The largest absolute Gasteiger partial charge is 0.391 e. The van der Waals surface area contributed by atoms with E-state index in [0.29, 0.717) is 10.8 Å². The Morgan fingerprint density at radius 2 is 2.12 bits per heavy atom. The van der Waals surface area contributed by atoms with Gasteiger partial charge in [0.15, 0.2) is 0 Å². The minimum atomic E-state index is -4.49. The van der Waals surface area contributed by atoms with Gasteiger partial charge in [-0.05, 0) is 29.7 Å². The molecule has 0 aliphatic carbocycles. The number of hydrogen-bond donors (Lipinski definition) is 1. The summed E-state index contributed by atoms with van der Waals surface area (Å²) in [6.45, 7) is -0.320. The van der Waals surface area contributed by atoms with E-state index in [1.807, 2.05) is 6.07 Å². The molecule has 1 aromatic heterocycles. The Hall–Kier alpha value is -2.38. The van der Waals surface area contributed by atoms with Gasteiger partial charge < -0.3 is 0 Å². The van der Waals surface area contributed by atoms with Crippen LogP contribution < -0.4 is 9.03 Å². The summed E-state index contributed by atoms with van der Waals surface area (Å²) in [4.78, 5) is 3.89. The highest BCUT2D eigenvalue weighted by Crippen LogP contribution is 2.33. The van der Waals surface area contributed by atoms with Crippen LogP contribution in [0.1, 0.15) is 12.1 Å². The second-order valence-corrected chi connectivity index (χ2v) is 6.93.